The first-order chi connectivity index (χ1) is 9.63. The second-order valence-corrected chi connectivity index (χ2v) is 5.73. The molecule has 5 nitrogen and oxygen atoms in total. The van der Waals surface area contributed by atoms with Crippen molar-refractivity contribution in [2.24, 2.45) is 5.92 Å². The van der Waals surface area contributed by atoms with Gasteiger partial charge in [0.15, 0.2) is 0 Å². The lowest BCUT2D eigenvalue weighted by atomic mass is 9.87. The number of unbranched alkanes of at least 4 members (excludes halogenated alkanes) is 1. The number of aliphatic carboxylic acids is 1. The molecule has 0 aromatic heterocycles. The molecule has 3 N–H and O–H groups in total. The van der Waals surface area contributed by atoms with Crippen molar-refractivity contribution in [1.82, 2.24) is 10.6 Å². The first kappa shape index (κ1) is 16.8. The molecule has 0 heterocycles. The second kappa shape index (κ2) is 9.61. The van der Waals surface area contributed by atoms with Crippen LogP contribution in [0.25, 0.3) is 0 Å². The number of amides is 2. The van der Waals surface area contributed by atoms with Crippen molar-refractivity contribution in [2.75, 3.05) is 6.54 Å². The molecular formula is C15H28N2O3. The average molecular weight is 284 g/mol. The van der Waals surface area contributed by atoms with E-state index >= 15 is 0 Å². The molecule has 1 aliphatic rings. The minimum absolute atomic E-state index is 0.357. The first-order valence-corrected chi connectivity index (χ1v) is 7.90. The molecule has 1 rings (SSSR count). The summed E-state index contributed by atoms with van der Waals surface area (Å²) in [6, 6.07) is -1.13. The largest absolute Gasteiger partial charge is 0.480 e. The number of hydrogen-bond acceptors (Lipinski definition) is 2. The van der Waals surface area contributed by atoms with Crippen molar-refractivity contribution in [3.8, 4) is 0 Å². The Morgan fingerprint density at radius 2 is 1.95 bits per heavy atom. The van der Waals surface area contributed by atoms with Crippen LogP contribution in [0.5, 0.6) is 0 Å². The Bertz CT molecular complexity index is 301. The smallest absolute Gasteiger partial charge is 0.326 e. The molecule has 0 aromatic rings. The number of carboxylic acids is 1. The van der Waals surface area contributed by atoms with E-state index in [0.29, 0.717) is 13.0 Å². The predicted octanol–water partition coefficient (Wildman–Crippen LogP) is 2.90. The van der Waals surface area contributed by atoms with Crippen molar-refractivity contribution in [2.45, 2.75) is 70.8 Å². The van der Waals surface area contributed by atoms with E-state index < -0.39 is 12.0 Å². The van der Waals surface area contributed by atoms with Crippen molar-refractivity contribution >= 4 is 12.0 Å². The highest BCUT2D eigenvalue weighted by molar-refractivity contribution is 5.82. The SMILES string of the molecule is CCCC[C@H](NC(=O)NCCC1CCCCC1)C(=O)O. The summed E-state index contributed by atoms with van der Waals surface area (Å²) in [4.78, 5) is 22.7. The monoisotopic (exact) mass is 284 g/mol. The molecule has 1 aliphatic carbocycles. The molecule has 1 fully saturated rings. The number of carbonyl (C=O) groups excluding carboxylic acids is 1. The molecule has 2 amide bonds. The predicted molar refractivity (Wildman–Crippen MR) is 78.7 cm³/mol. The quantitative estimate of drug-likeness (QED) is 0.641. The topological polar surface area (TPSA) is 78.4 Å². The van der Waals surface area contributed by atoms with Gasteiger partial charge >= 0.3 is 12.0 Å². The number of hydrogen-bond donors (Lipinski definition) is 3. The molecule has 0 aromatic carbocycles. The van der Waals surface area contributed by atoms with E-state index in [1.54, 1.807) is 0 Å². The number of rotatable bonds is 8. The fourth-order valence-electron chi connectivity index (χ4n) is 2.74. The van der Waals surface area contributed by atoms with Crippen LogP contribution in [0.3, 0.4) is 0 Å². The zero-order valence-corrected chi connectivity index (χ0v) is 12.5. The van der Waals surface area contributed by atoms with Gasteiger partial charge < -0.3 is 15.7 Å². The Kier molecular flexibility index (Phi) is 8.07. The molecule has 0 radical (unpaired) electrons. The molecule has 5 heteroatoms. The lowest BCUT2D eigenvalue weighted by Gasteiger charge is -2.21. The molecule has 0 unspecified atom stereocenters. The third-order valence-electron chi connectivity index (χ3n) is 4.01. The van der Waals surface area contributed by atoms with E-state index in [-0.39, 0.29) is 6.03 Å². The maximum atomic E-state index is 11.7. The van der Waals surface area contributed by atoms with Gasteiger partial charge in [-0.3, -0.25) is 0 Å². The lowest BCUT2D eigenvalue weighted by Crippen LogP contribution is -2.46. The standard InChI is InChI=1S/C15H28N2O3/c1-2-3-9-13(14(18)19)17-15(20)16-11-10-12-7-5-4-6-8-12/h12-13H,2-11H2,1H3,(H,18,19)(H2,16,17,20)/t13-/m0/s1. The van der Waals surface area contributed by atoms with Crippen LogP contribution < -0.4 is 10.6 Å². The molecule has 1 atom stereocenters. The van der Waals surface area contributed by atoms with E-state index in [1.807, 2.05) is 6.92 Å². The number of carboxylic acid groups (broad SMARTS) is 1. The Hall–Kier alpha value is -1.26. The second-order valence-electron chi connectivity index (χ2n) is 5.73. The van der Waals surface area contributed by atoms with Crippen LogP contribution in [0.4, 0.5) is 4.79 Å². The van der Waals surface area contributed by atoms with Gasteiger partial charge in [0.25, 0.3) is 0 Å². The van der Waals surface area contributed by atoms with Crippen LogP contribution in [0, 0.1) is 5.92 Å². The van der Waals surface area contributed by atoms with Crippen LogP contribution >= 0.6 is 0 Å². The van der Waals surface area contributed by atoms with E-state index in [0.717, 1.165) is 25.2 Å². The third kappa shape index (κ3) is 6.78. The fraction of sp³-hybridized carbons (Fsp3) is 0.867. The van der Waals surface area contributed by atoms with Crippen LogP contribution in [-0.4, -0.2) is 29.7 Å². The molecule has 116 valence electrons. The van der Waals surface area contributed by atoms with Gasteiger partial charge in [-0.05, 0) is 18.8 Å². The highest BCUT2D eigenvalue weighted by Gasteiger charge is 2.19. The van der Waals surface area contributed by atoms with E-state index in [4.69, 9.17) is 5.11 Å². The Labute approximate surface area is 121 Å². The summed E-state index contributed by atoms with van der Waals surface area (Å²) in [7, 11) is 0. The summed E-state index contributed by atoms with van der Waals surface area (Å²) >= 11 is 0. The van der Waals surface area contributed by atoms with Gasteiger partial charge in [0.2, 0.25) is 0 Å². The summed E-state index contributed by atoms with van der Waals surface area (Å²) in [5.41, 5.74) is 0. The number of nitrogens with one attached hydrogen (secondary N) is 2. The fourth-order valence-corrected chi connectivity index (χ4v) is 2.74. The normalized spacial score (nSPS) is 17.4. The van der Waals surface area contributed by atoms with Crippen LogP contribution in [0.2, 0.25) is 0 Å². The Balaban J connectivity index is 2.18. The van der Waals surface area contributed by atoms with Crippen LogP contribution in [0.15, 0.2) is 0 Å². The molecule has 0 spiro atoms. The van der Waals surface area contributed by atoms with Crippen LogP contribution in [0.1, 0.15) is 64.7 Å². The van der Waals surface area contributed by atoms with Crippen LogP contribution in [-0.2, 0) is 4.79 Å². The summed E-state index contributed by atoms with van der Waals surface area (Å²) in [5.74, 6) is -0.236. The summed E-state index contributed by atoms with van der Waals surface area (Å²) in [6.07, 6.45) is 9.68. The Morgan fingerprint density at radius 3 is 2.55 bits per heavy atom. The minimum atomic E-state index is -0.958. The summed E-state index contributed by atoms with van der Waals surface area (Å²) in [5, 5.41) is 14.4. The van der Waals surface area contributed by atoms with Gasteiger partial charge in [-0.25, -0.2) is 9.59 Å². The highest BCUT2D eigenvalue weighted by Crippen LogP contribution is 2.25. The molecule has 20 heavy (non-hydrogen) atoms. The highest BCUT2D eigenvalue weighted by atomic mass is 16.4. The van der Waals surface area contributed by atoms with E-state index in [1.165, 1.54) is 32.1 Å². The third-order valence-corrected chi connectivity index (χ3v) is 4.01. The van der Waals surface area contributed by atoms with Crippen molar-refractivity contribution in [3.63, 3.8) is 0 Å². The minimum Gasteiger partial charge on any atom is -0.480 e. The van der Waals surface area contributed by atoms with Gasteiger partial charge in [-0.2, -0.15) is 0 Å². The zero-order valence-electron chi connectivity index (χ0n) is 12.5. The van der Waals surface area contributed by atoms with Crippen molar-refractivity contribution in [1.29, 1.82) is 0 Å². The maximum Gasteiger partial charge on any atom is 0.326 e. The van der Waals surface area contributed by atoms with Crippen molar-refractivity contribution in [3.05, 3.63) is 0 Å². The van der Waals surface area contributed by atoms with E-state index in [2.05, 4.69) is 10.6 Å². The van der Waals surface area contributed by atoms with Crippen molar-refractivity contribution < 1.29 is 14.7 Å². The number of carbonyl (C=O) groups is 2. The van der Waals surface area contributed by atoms with Gasteiger partial charge in [-0.1, -0.05) is 51.9 Å². The van der Waals surface area contributed by atoms with E-state index in [9.17, 15) is 9.59 Å². The van der Waals surface area contributed by atoms with Gasteiger partial charge in [-0.15, -0.1) is 0 Å². The first-order valence-electron chi connectivity index (χ1n) is 7.90. The maximum absolute atomic E-state index is 11.7. The van der Waals surface area contributed by atoms with Gasteiger partial charge in [0.05, 0.1) is 0 Å². The molecular weight excluding hydrogens is 256 g/mol. The Morgan fingerprint density at radius 1 is 1.25 bits per heavy atom. The zero-order chi connectivity index (χ0) is 14.8. The van der Waals surface area contributed by atoms with Gasteiger partial charge in [0.1, 0.15) is 6.04 Å². The molecule has 1 saturated carbocycles. The molecule has 0 bridgehead atoms. The summed E-state index contributed by atoms with van der Waals surface area (Å²) < 4.78 is 0. The number of urea groups is 1. The summed E-state index contributed by atoms with van der Waals surface area (Å²) in [6.45, 7) is 2.64. The molecule has 0 aliphatic heterocycles. The van der Waals surface area contributed by atoms with Gasteiger partial charge in [0, 0.05) is 6.54 Å². The lowest BCUT2D eigenvalue weighted by molar-refractivity contribution is -0.139. The average Bonchev–Trinajstić information content (AvgIpc) is 2.44. The molecule has 0 saturated heterocycles.